The number of methoxy groups -OCH3 is 2. The van der Waals surface area contributed by atoms with Crippen molar-refractivity contribution in [2.45, 2.75) is 19.4 Å². The summed E-state index contributed by atoms with van der Waals surface area (Å²) >= 11 is 1.51. The Labute approximate surface area is 195 Å². The summed E-state index contributed by atoms with van der Waals surface area (Å²) in [6.07, 6.45) is 0. The van der Waals surface area contributed by atoms with Crippen molar-refractivity contribution in [3.8, 4) is 11.5 Å². The third-order valence-corrected chi connectivity index (χ3v) is 6.76. The standard InChI is InChI=1S/C25H24N2O5S/c1-15-13-21(16(2)33-15)22(28)14-27-23(29)25(26-24(27)30,17-5-9-19(31-3)10-6-17)18-7-11-20(32-4)12-8-18/h5-13H,14H2,1-4H3,(H,26,30). The molecule has 4 rings (SSSR count). The normalized spacial score (nSPS) is 14.8. The number of Topliss-reactive ketones (excluding diaryl/α,β-unsaturated/α-hetero) is 1. The van der Waals surface area contributed by atoms with Crippen LogP contribution in [0.25, 0.3) is 0 Å². The lowest BCUT2D eigenvalue weighted by atomic mass is 9.82. The Hall–Kier alpha value is -3.65. The van der Waals surface area contributed by atoms with E-state index in [1.165, 1.54) is 11.3 Å². The van der Waals surface area contributed by atoms with Gasteiger partial charge in [-0.1, -0.05) is 24.3 Å². The number of ketones is 1. The summed E-state index contributed by atoms with van der Waals surface area (Å²) in [5.41, 5.74) is 0.174. The summed E-state index contributed by atoms with van der Waals surface area (Å²) in [6, 6.07) is 15.0. The van der Waals surface area contributed by atoms with E-state index in [9.17, 15) is 14.4 Å². The molecule has 0 atom stereocenters. The van der Waals surface area contributed by atoms with E-state index in [1.54, 1.807) is 68.8 Å². The third-order valence-electron chi connectivity index (χ3n) is 5.79. The van der Waals surface area contributed by atoms with Crippen LogP contribution in [0.1, 0.15) is 31.2 Å². The van der Waals surface area contributed by atoms with Gasteiger partial charge in [0.05, 0.1) is 20.8 Å². The lowest BCUT2D eigenvalue weighted by Crippen LogP contribution is -2.45. The molecule has 0 bridgehead atoms. The second-order valence-corrected chi connectivity index (χ2v) is 9.24. The van der Waals surface area contributed by atoms with E-state index in [2.05, 4.69) is 5.32 Å². The Morgan fingerprint density at radius 3 is 1.88 bits per heavy atom. The molecule has 1 saturated heterocycles. The van der Waals surface area contributed by atoms with Crippen LogP contribution in [0, 0.1) is 13.8 Å². The Morgan fingerprint density at radius 1 is 0.939 bits per heavy atom. The third kappa shape index (κ3) is 3.87. The number of carbonyl (C=O) groups excluding carboxylic acids is 3. The number of carbonyl (C=O) groups is 3. The van der Waals surface area contributed by atoms with Gasteiger partial charge in [0.2, 0.25) is 0 Å². The molecule has 2 aromatic carbocycles. The summed E-state index contributed by atoms with van der Waals surface area (Å²) in [7, 11) is 3.11. The van der Waals surface area contributed by atoms with Crippen LogP contribution in [0.4, 0.5) is 4.79 Å². The van der Waals surface area contributed by atoms with Crippen molar-refractivity contribution in [1.29, 1.82) is 0 Å². The number of rotatable bonds is 7. The quantitative estimate of drug-likeness (QED) is 0.421. The van der Waals surface area contributed by atoms with Crippen LogP contribution in [0.5, 0.6) is 11.5 Å². The first kappa shape index (κ1) is 22.5. The fraction of sp³-hybridized carbons (Fsp3) is 0.240. The molecule has 2 heterocycles. The number of imide groups is 1. The van der Waals surface area contributed by atoms with Crippen LogP contribution in [-0.4, -0.2) is 43.4 Å². The van der Waals surface area contributed by atoms with Gasteiger partial charge in [0.1, 0.15) is 11.5 Å². The van der Waals surface area contributed by atoms with Gasteiger partial charge in [-0.3, -0.25) is 14.5 Å². The lowest BCUT2D eigenvalue weighted by Gasteiger charge is -2.28. The van der Waals surface area contributed by atoms with Gasteiger partial charge in [0, 0.05) is 15.3 Å². The molecule has 0 saturated carbocycles. The zero-order valence-electron chi connectivity index (χ0n) is 18.8. The van der Waals surface area contributed by atoms with Crippen molar-refractivity contribution in [2.75, 3.05) is 20.8 Å². The molecule has 1 aromatic heterocycles. The molecule has 3 amide bonds. The van der Waals surface area contributed by atoms with Gasteiger partial charge < -0.3 is 14.8 Å². The Balaban J connectivity index is 1.76. The zero-order valence-corrected chi connectivity index (χ0v) is 19.6. The Morgan fingerprint density at radius 2 is 1.45 bits per heavy atom. The number of nitrogens with one attached hydrogen (secondary N) is 1. The minimum Gasteiger partial charge on any atom is -0.497 e. The minimum absolute atomic E-state index is 0.277. The summed E-state index contributed by atoms with van der Waals surface area (Å²) in [5.74, 6) is 0.452. The highest BCUT2D eigenvalue weighted by Gasteiger charge is 2.54. The van der Waals surface area contributed by atoms with Crippen LogP contribution in [-0.2, 0) is 10.3 Å². The molecule has 1 aliphatic rings. The average Bonchev–Trinajstić information content (AvgIpc) is 3.30. The predicted octanol–water partition coefficient (Wildman–Crippen LogP) is 4.06. The molecule has 0 unspecified atom stereocenters. The topological polar surface area (TPSA) is 84.9 Å². The number of aryl methyl sites for hydroxylation is 2. The molecule has 170 valence electrons. The van der Waals surface area contributed by atoms with Gasteiger partial charge in [0.15, 0.2) is 11.3 Å². The second kappa shape index (κ2) is 8.71. The monoisotopic (exact) mass is 464 g/mol. The van der Waals surface area contributed by atoms with E-state index in [0.717, 1.165) is 14.7 Å². The Kier molecular flexibility index (Phi) is 5.95. The SMILES string of the molecule is COc1ccc(C2(c3ccc(OC)cc3)NC(=O)N(CC(=O)c3cc(C)sc3C)C2=O)cc1. The van der Waals surface area contributed by atoms with E-state index in [0.29, 0.717) is 28.2 Å². The van der Waals surface area contributed by atoms with Crippen LogP contribution < -0.4 is 14.8 Å². The minimum atomic E-state index is -1.48. The van der Waals surface area contributed by atoms with Crippen molar-refractivity contribution in [3.63, 3.8) is 0 Å². The number of thiophene rings is 1. The van der Waals surface area contributed by atoms with Crippen LogP contribution in [0.3, 0.4) is 0 Å². The first-order valence-electron chi connectivity index (χ1n) is 10.3. The highest BCUT2D eigenvalue weighted by molar-refractivity contribution is 7.12. The molecule has 0 spiro atoms. The molecule has 1 fully saturated rings. The zero-order chi connectivity index (χ0) is 23.8. The Bertz CT molecular complexity index is 1170. The number of amides is 3. The lowest BCUT2D eigenvalue weighted by molar-refractivity contribution is -0.129. The maximum absolute atomic E-state index is 13.8. The van der Waals surface area contributed by atoms with Gasteiger partial charge >= 0.3 is 6.03 Å². The predicted molar refractivity (Wildman–Crippen MR) is 125 cm³/mol. The van der Waals surface area contributed by atoms with Gasteiger partial charge in [-0.25, -0.2) is 4.79 Å². The highest BCUT2D eigenvalue weighted by atomic mass is 32.1. The molecule has 0 radical (unpaired) electrons. The highest BCUT2D eigenvalue weighted by Crippen LogP contribution is 2.37. The van der Waals surface area contributed by atoms with Crippen molar-refractivity contribution in [2.24, 2.45) is 0 Å². The van der Waals surface area contributed by atoms with Gasteiger partial charge in [-0.05, 0) is 55.3 Å². The summed E-state index contributed by atoms with van der Waals surface area (Å²) < 4.78 is 10.5. The van der Waals surface area contributed by atoms with Crippen molar-refractivity contribution >= 4 is 29.1 Å². The summed E-state index contributed by atoms with van der Waals surface area (Å²) in [6.45, 7) is 3.44. The van der Waals surface area contributed by atoms with E-state index in [4.69, 9.17) is 9.47 Å². The van der Waals surface area contributed by atoms with Gasteiger partial charge in [-0.15, -0.1) is 11.3 Å². The van der Waals surface area contributed by atoms with Crippen molar-refractivity contribution in [3.05, 3.63) is 81.0 Å². The van der Waals surface area contributed by atoms with Crippen molar-refractivity contribution in [1.82, 2.24) is 10.2 Å². The molecular weight excluding hydrogens is 440 g/mol. The van der Waals surface area contributed by atoms with E-state index >= 15 is 0 Å². The number of hydrogen-bond donors (Lipinski definition) is 1. The maximum Gasteiger partial charge on any atom is 0.325 e. The van der Waals surface area contributed by atoms with E-state index < -0.39 is 17.5 Å². The van der Waals surface area contributed by atoms with E-state index in [-0.39, 0.29) is 12.3 Å². The molecule has 33 heavy (non-hydrogen) atoms. The molecule has 8 heteroatoms. The molecule has 0 aliphatic carbocycles. The first-order chi connectivity index (χ1) is 15.8. The molecule has 3 aromatic rings. The smallest absolute Gasteiger partial charge is 0.325 e. The molecule has 1 aliphatic heterocycles. The van der Waals surface area contributed by atoms with Crippen LogP contribution in [0.15, 0.2) is 54.6 Å². The number of benzene rings is 2. The fourth-order valence-electron chi connectivity index (χ4n) is 4.10. The number of nitrogens with zero attached hydrogens (tertiary/aromatic N) is 1. The summed E-state index contributed by atoms with van der Waals surface area (Å²) in [5, 5.41) is 2.86. The number of urea groups is 1. The first-order valence-corrected chi connectivity index (χ1v) is 11.1. The van der Waals surface area contributed by atoms with Crippen LogP contribution in [0.2, 0.25) is 0 Å². The largest absolute Gasteiger partial charge is 0.497 e. The second-order valence-electron chi connectivity index (χ2n) is 7.78. The van der Waals surface area contributed by atoms with Crippen molar-refractivity contribution < 1.29 is 23.9 Å². The molecule has 1 N–H and O–H groups in total. The van der Waals surface area contributed by atoms with Gasteiger partial charge in [-0.2, -0.15) is 0 Å². The summed E-state index contributed by atoms with van der Waals surface area (Å²) in [4.78, 5) is 42.7. The maximum atomic E-state index is 13.8. The fourth-order valence-corrected chi connectivity index (χ4v) is 5.04. The number of hydrogen-bond acceptors (Lipinski definition) is 6. The van der Waals surface area contributed by atoms with Crippen LogP contribution >= 0.6 is 11.3 Å². The molecule has 7 nitrogen and oxygen atoms in total. The number of ether oxygens (including phenoxy) is 2. The van der Waals surface area contributed by atoms with E-state index in [1.807, 2.05) is 13.8 Å². The molecular formula is C25H24N2O5S. The average molecular weight is 465 g/mol. The van der Waals surface area contributed by atoms with Gasteiger partial charge in [0.25, 0.3) is 5.91 Å².